The molecule has 0 bridgehead atoms. The number of carboxylic acids is 1. The molecule has 1 aliphatic heterocycles. The summed E-state index contributed by atoms with van der Waals surface area (Å²) < 4.78 is 10.8. The topological polar surface area (TPSA) is 86.7 Å². The van der Waals surface area contributed by atoms with Crippen LogP contribution >= 0.6 is 0 Å². The van der Waals surface area contributed by atoms with Crippen molar-refractivity contribution in [2.24, 2.45) is 5.92 Å². The molecule has 1 fully saturated rings. The number of carbonyl (C=O) groups excluding carboxylic acids is 1. The van der Waals surface area contributed by atoms with Crippen molar-refractivity contribution in [3.8, 4) is 0 Å². The van der Waals surface area contributed by atoms with Gasteiger partial charge in [0.1, 0.15) is 0 Å². The fourth-order valence-corrected chi connectivity index (χ4v) is 2.46. The number of hydrogen-bond donors (Lipinski definition) is 2. The molecule has 1 saturated heterocycles. The number of aliphatic carboxylic acids is 1. The van der Waals surface area contributed by atoms with E-state index in [1.807, 2.05) is 0 Å². The normalized spacial score (nSPS) is 18.4. The van der Waals surface area contributed by atoms with Gasteiger partial charge in [-0.25, -0.2) is 4.79 Å². The molecular formula is C11H20N2O4S. The molecule has 7 heteroatoms. The minimum atomic E-state index is -0.825. The highest BCUT2D eigenvalue weighted by atomic mass is 32.2. The van der Waals surface area contributed by atoms with Crippen LogP contribution in [0.4, 0.5) is 4.79 Å². The van der Waals surface area contributed by atoms with Crippen LogP contribution in [-0.2, 0) is 15.6 Å². The van der Waals surface area contributed by atoms with E-state index in [0.29, 0.717) is 44.6 Å². The standard InChI is InChI=1S/C11H20N2O4S/c1-18(17)8-2-5-12-11(16)13-6-3-9(4-7-13)10(14)15/h9H,2-8H2,1H3,(H,12,16)(H,14,15). The van der Waals surface area contributed by atoms with Crippen LogP contribution in [0, 0.1) is 5.92 Å². The van der Waals surface area contributed by atoms with E-state index in [0.717, 1.165) is 0 Å². The van der Waals surface area contributed by atoms with Crippen molar-refractivity contribution in [1.29, 1.82) is 0 Å². The first-order valence-electron chi connectivity index (χ1n) is 6.06. The van der Waals surface area contributed by atoms with Gasteiger partial charge >= 0.3 is 12.0 Å². The molecule has 1 unspecified atom stereocenters. The van der Waals surface area contributed by atoms with Gasteiger partial charge in [0.05, 0.1) is 5.92 Å². The molecule has 0 saturated carbocycles. The number of amides is 2. The number of urea groups is 1. The van der Waals surface area contributed by atoms with Crippen LogP contribution in [0.3, 0.4) is 0 Å². The second kappa shape index (κ2) is 7.35. The number of carboxylic acid groups (broad SMARTS) is 1. The molecule has 0 spiro atoms. The highest BCUT2D eigenvalue weighted by Gasteiger charge is 2.26. The Kier molecular flexibility index (Phi) is 6.11. The van der Waals surface area contributed by atoms with Crippen molar-refractivity contribution in [2.45, 2.75) is 19.3 Å². The largest absolute Gasteiger partial charge is 0.481 e. The first kappa shape index (κ1) is 14.9. The molecular weight excluding hydrogens is 256 g/mol. The third kappa shape index (κ3) is 5.03. The number of piperidine rings is 1. The van der Waals surface area contributed by atoms with Crippen molar-refractivity contribution in [2.75, 3.05) is 31.6 Å². The number of rotatable bonds is 5. The first-order valence-corrected chi connectivity index (χ1v) is 7.79. The van der Waals surface area contributed by atoms with E-state index in [9.17, 15) is 13.8 Å². The molecule has 0 radical (unpaired) electrons. The van der Waals surface area contributed by atoms with Crippen LogP contribution in [0.15, 0.2) is 0 Å². The summed E-state index contributed by atoms with van der Waals surface area (Å²) in [6.45, 7) is 1.49. The number of likely N-dealkylation sites (tertiary alicyclic amines) is 1. The molecule has 1 aliphatic rings. The number of carbonyl (C=O) groups is 2. The zero-order valence-corrected chi connectivity index (χ0v) is 11.4. The third-order valence-electron chi connectivity index (χ3n) is 3.02. The van der Waals surface area contributed by atoms with Gasteiger partial charge in [0.15, 0.2) is 0 Å². The van der Waals surface area contributed by atoms with E-state index in [1.165, 1.54) is 0 Å². The lowest BCUT2D eigenvalue weighted by Gasteiger charge is -2.30. The van der Waals surface area contributed by atoms with E-state index in [2.05, 4.69) is 5.32 Å². The highest BCUT2D eigenvalue weighted by Crippen LogP contribution is 2.16. The molecule has 0 aromatic heterocycles. The summed E-state index contributed by atoms with van der Waals surface area (Å²) in [6.07, 6.45) is 3.36. The number of nitrogens with one attached hydrogen (secondary N) is 1. The second-order valence-corrected chi connectivity index (χ2v) is 6.02. The van der Waals surface area contributed by atoms with E-state index in [1.54, 1.807) is 11.2 Å². The number of nitrogens with zero attached hydrogens (tertiary/aromatic N) is 1. The maximum absolute atomic E-state index is 11.7. The van der Waals surface area contributed by atoms with Gasteiger partial charge in [0.2, 0.25) is 0 Å². The summed E-state index contributed by atoms with van der Waals surface area (Å²) in [6, 6.07) is -0.152. The van der Waals surface area contributed by atoms with Crippen molar-refractivity contribution in [3.63, 3.8) is 0 Å². The van der Waals surface area contributed by atoms with Crippen molar-refractivity contribution < 1.29 is 18.9 Å². The van der Waals surface area contributed by atoms with Gasteiger partial charge in [-0.1, -0.05) is 0 Å². The third-order valence-corrected chi connectivity index (χ3v) is 3.88. The molecule has 6 nitrogen and oxygen atoms in total. The summed E-state index contributed by atoms with van der Waals surface area (Å²) in [5.74, 6) is -0.515. The molecule has 0 aromatic carbocycles. The predicted octanol–water partition coefficient (Wildman–Crippen LogP) is 0.261. The Morgan fingerprint density at radius 2 is 2.00 bits per heavy atom. The Morgan fingerprint density at radius 1 is 1.39 bits per heavy atom. The van der Waals surface area contributed by atoms with Gasteiger partial charge in [0, 0.05) is 42.4 Å². The molecule has 0 aliphatic carbocycles. The van der Waals surface area contributed by atoms with Crippen LogP contribution in [0.25, 0.3) is 0 Å². The molecule has 0 aromatic rings. The average molecular weight is 276 g/mol. The average Bonchev–Trinajstić information content (AvgIpc) is 2.34. The molecule has 2 N–H and O–H groups in total. The molecule has 2 amide bonds. The van der Waals surface area contributed by atoms with Crippen molar-refractivity contribution in [1.82, 2.24) is 10.2 Å². The van der Waals surface area contributed by atoms with Gasteiger partial charge in [-0.15, -0.1) is 0 Å². The van der Waals surface area contributed by atoms with Gasteiger partial charge in [-0.2, -0.15) is 0 Å². The van der Waals surface area contributed by atoms with Crippen LogP contribution in [0.2, 0.25) is 0 Å². The quantitative estimate of drug-likeness (QED) is 0.705. The molecule has 104 valence electrons. The molecule has 18 heavy (non-hydrogen) atoms. The molecule has 1 rings (SSSR count). The Bertz CT molecular complexity index is 327. The van der Waals surface area contributed by atoms with Gasteiger partial charge in [0.25, 0.3) is 0 Å². The van der Waals surface area contributed by atoms with Crippen LogP contribution in [0.5, 0.6) is 0 Å². The van der Waals surface area contributed by atoms with Crippen LogP contribution in [0.1, 0.15) is 19.3 Å². The Morgan fingerprint density at radius 3 is 2.50 bits per heavy atom. The van der Waals surface area contributed by atoms with Gasteiger partial charge in [-0.05, 0) is 19.3 Å². The fourth-order valence-electron chi connectivity index (χ4n) is 1.91. The van der Waals surface area contributed by atoms with E-state index >= 15 is 0 Å². The Labute approximate surface area is 109 Å². The molecule has 1 atom stereocenters. The first-order chi connectivity index (χ1) is 8.50. The van der Waals surface area contributed by atoms with Gasteiger partial charge in [-0.3, -0.25) is 9.00 Å². The van der Waals surface area contributed by atoms with E-state index in [4.69, 9.17) is 5.11 Å². The summed E-state index contributed by atoms with van der Waals surface area (Å²) in [4.78, 5) is 24.1. The lowest BCUT2D eigenvalue weighted by Crippen LogP contribution is -2.45. The second-order valence-electron chi connectivity index (χ2n) is 4.46. The van der Waals surface area contributed by atoms with E-state index in [-0.39, 0.29) is 11.9 Å². The summed E-state index contributed by atoms with van der Waals surface area (Å²) in [7, 11) is -0.825. The van der Waals surface area contributed by atoms with Crippen LogP contribution in [-0.4, -0.2) is 57.9 Å². The van der Waals surface area contributed by atoms with E-state index < -0.39 is 16.8 Å². The maximum Gasteiger partial charge on any atom is 0.317 e. The Balaban J connectivity index is 2.20. The maximum atomic E-state index is 11.7. The summed E-state index contributed by atoms with van der Waals surface area (Å²) >= 11 is 0. The zero-order chi connectivity index (χ0) is 13.5. The SMILES string of the molecule is CS(=O)CCCNC(=O)N1CCC(C(=O)O)CC1. The highest BCUT2D eigenvalue weighted by molar-refractivity contribution is 7.84. The lowest BCUT2D eigenvalue weighted by atomic mass is 9.97. The fraction of sp³-hybridized carbons (Fsp3) is 0.818. The van der Waals surface area contributed by atoms with Crippen LogP contribution < -0.4 is 5.32 Å². The Hall–Kier alpha value is -1.11. The van der Waals surface area contributed by atoms with Gasteiger partial charge < -0.3 is 15.3 Å². The molecule has 1 heterocycles. The predicted molar refractivity (Wildman–Crippen MR) is 68.9 cm³/mol. The summed E-state index contributed by atoms with van der Waals surface area (Å²) in [5.41, 5.74) is 0. The number of hydrogen-bond acceptors (Lipinski definition) is 3. The monoisotopic (exact) mass is 276 g/mol. The summed E-state index contributed by atoms with van der Waals surface area (Å²) in [5, 5.41) is 11.6. The minimum absolute atomic E-state index is 0.152. The lowest BCUT2D eigenvalue weighted by molar-refractivity contribution is -0.143. The smallest absolute Gasteiger partial charge is 0.317 e. The minimum Gasteiger partial charge on any atom is -0.481 e. The van der Waals surface area contributed by atoms with Crippen molar-refractivity contribution >= 4 is 22.8 Å². The zero-order valence-electron chi connectivity index (χ0n) is 10.6. The van der Waals surface area contributed by atoms with Crippen molar-refractivity contribution in [3.05, 3.63) is 0 Å².